The highest BCUT2D eigenvalue weighted by Crippen LogP contribution is 2.27. The third-order valence-electron chi connectivity index (χ3n) is 2.30. The van der Waals surface area contributed by atoms with Crippen molar-refractivity contribution in [2.24, 2.45) is 5.92 Å². The lowest BCUT2D eigenvalue weighted by Gasteiger charge is -2.20. The number of carbonyl (C=O) groups excluding carboxylic acids is 1. The van der Waals surface area contributed by atoms with Gasteiger partial charge in [-0.15, -0.1) is 0 Å². The van der Waals surface area contributed by atoms with Crippen LogP contribution in [0.15, 0.2) is 0 Å². The molecule has 1 aliphatic heterocycles. The Morgan fingerprint density at radius 2 is 2.27 bits per heavy atom. The minimum atomic E-state index is -1.65. The van der Waals surface area contributed by atoms with E-state index in [0.717, 1.165) is 0 Å². The molecule has 0 aromatic heterocycles. The van der Waals surface area contributed by atoms with Crippen LogP contribution in [-0.4, -0.2) is 38.3 Å². The fourth-order valence-electron chi connectivity index (χ4n) is 1.60. The Morgan fingerprint density at radius 3 is 2.87 bits per heavy atom. The molecule has 1 unspecified atom stereocenters. The first-order valence-electron chi connectivity index (χ1n) is 5.24. The minimum absolute atomic E-state index is 0.187. The van der Waals surface area contributed by atoms with E-state index >= 15 is 0 Å². The van der Waals surface area contributed by atoms with E-state index in [2.05, 4.69) is 4.74 Å². The highest BCUT2D eigenvalue weighted by molar-refractivity contribution is 5.75. The van der Waals surface area contributed by atoms with Crippen molar-refractivity contribution in [2.45, 2.75) is 32.7 Å². The van der Waals surface area contributed by atoms with Gasteiger partial charge in [0.05, 0.1) is 19.1 Å². The lowest BCUT2D eigenvalue weighted by Crippen LogP contribution is -2.34. The van der Waals surface area contributed by atoms with Crippen molar-refractivity contribution in [3.05, 3.63) is 0 Å². The largest absolute Gasteiger partial charge is 0.464 e. The number of hydrogen-bond acceptors (Lipinski definition) is 4. The van der Waals surface area contributed by atoms with Crippen LogP contribution in [0.5, 0.6) is 0 Å². The van der Waals surface area contributed by atoms with Crippen LogP contribution in [0.2, 0.25) is 0 Å². The van der Waals surface area contributed by atoms with Crippen molar-refractivity contribution < 1.29 is 23.4 Å². The molecule has 4 nitrogen and oxygen atoms in total. The van der Waals surface area contributed by atoms with Crippen LogP contribution in [0.1, 0.15) is 20.3 Å². The summed E-state index contributed by atoms with van der Waals surface area (Å²) < 4.78 is 28.6. The van der Waals surface area contributed by atoms with Crippen LogP contribution < -0.4 is 0 Å². The second-order valence-electron chi connectivity index (χ2n) is 3.30. The van der Waals surface area contributed by atoms with Gasteiger partial charge >= 0.3 is 5.97 Å². The molecule has 15 heavy (non-hydrogen) atoms. The van der Waals surface area contributed by atoms with Crippen molar-refractivity contribution in [2.75, 3.05) is 19.8 Å². The molecule has 5 heteroatoms. The van der Waals surface area contributed by atoms with E-state index in [9.17, 15) is 9.18 Å². The van der Waals surface area contributed by atoms with Crippen LogP contribution in [0.3, 0.4) is 0 Å². The Hall–Kier alpha value is -0.680. The standard InChI is InChI=1S/C10H17FO4/c1-3-13-9(12)8(11)7-5-6-15-10(7)14-4-2/h7-8,10H,3-6H2,1-2H3/t7-,8?,10+/m0/s1. The second kappa shape index (κ2) is 6.02. The molecule has 0 saturated carbocycles. The second-order valence-corrected chi connectivity index (χ2v) is 3.30. The molecule has 88 valence electrons. The SMILES string of the molecule is CCOC(=O)C(F)[C@@H]1CCO[C@H]1OCC. The van der Waals surface area contributed by atoms with Crippen LogP contribution in [-0.2, 0) is 19.0 Å². The zero-order chi connectivity index (χ0) is 11.3. The van der Waals surface area contributed by atoms with Crippen molar-refractivity contribution in [3.8, 4) is 0 Å². The molecule has 0 aliphatic carbocycles. The van der Waals surface area contributed by atoms with Gasteiger partial charge in [0.15, 0.2) is 6.29 Å². The number of hydrogen-bond donors (Lipinski definition) is 0. The van der Waals surface area contributed by atoms with Gasteiger partial charge in [0.25, 0.3) is 0 Å². The molecule has 1 saturated heterocycles. The molecule has 0 N–H and O–H groups in total. The first-order valence-corrected chi connectivity index (χ1v) is 5.24. The van der Waals surface area contributed by atoms with Gasteiger partial charge in [-0.2, -0.15) is 0 Å². The van der Waals surface area contributed by atoms with E-state index in [-0.39, 0.29) is 6.61 Å². The molecule has 3 atom stereocenters. The molecular weight excluding hydrogens is 203 g/mol. The fourth-order valence-corrected chi connectivity index (χ4v) is 1.60. The minimum Gasteiger partial charge on any atom is -0.464 e. The number of carbonyl (C=O) groups is 1. The van der Waals surface area contributed by atoms with Crippen molar-refractivity contribution in [1.82, 2.24) is 0 Å². The third kappa shape index (κ3) is 3.14. The Labute approximate surface area is 88.7 Å². The number of alkyl halides is 1. The Bertz CT molecular complexity index is 210. The summed E-state index contributed by atoms with van der Waals surface area (Å²) in [5.41, 5.74) is 0. The predicted octanol–water partition coefficient (Wildman–Crippen LogP) is 1.29. The summed E-state index contributed by atoms with van der Waals surface area (Å²) in [5.74, 6) is -1.36. The molecule has 0 aromatic rings. The predicted molar refractivity (Wildman–Crippen MR) is 51.0 cm³/mol. The normalized spacial score (nSPS) is 27.7. The number of halogens is 1. The lowest BCUT2D eigenvalue weighted by atomic mass is 10.0. The average molecular weight is 220 g/mol. The first-order chi connectivity index (χ1) is 7.20. The topological polar surface area (TPSA) is 44.8 Å². The monoisotopic (exact) mass is 220 g/mol. The fraction of sp³-hybridized carbons (Fsp3) is 0.900. The first kappa shape index (κ1) is 12.4. The smallest absolute Gasteiger partial charge is 0.341 e. The molecule has 0 radical (unpaired) electrons. The number of rotatable bonds is 5. The zero-order valence-electron chi connectivity index (χ0n) is 9.07. The van der Waals surface area contributed by atoms with Gasteiger partial charge in [0.2, 0.25) is 6.17 Å². The van der Waals surface area contributed by atoms with E-state index in [4.69, 9.17) is 9.47 Å². The summed E-state index contributed by atoms with van der Waals surface area (Å²) >= 11 is 0. The Morgan fingerprint density at radius 1 is 1.53 bits per heavy atom. The van der Waals surface area contributed by atoms with Gasteiger partial charge in [-0.1, -0.05) is 0 Å². The van der Waals surface area contributed by atoms with Crippen molar-refractivity contribution in [1.29, 1.82) is 0 Å². The highest BCUT2D eigenvalue weighted by Gasteiger charge is 2.40. The van der Waals surface area contributed by atoms with Crippen molar-refractivity contribution >= 4 is 5.97 Å². The molecule has 0 amide bonds. The third-order valence-corrected chi connectivity index (χ3v) is 2.30. The van der Waals surface area contributed by atoms with Gasteiger partial charge in [-0.3, -0.25) is 0 Å². The summed E-state index contributed by atoms with van der Waals surface area (Å²) in [4.78, 5) is 11.2. The maximum atomic E-state index is 13.6. The van der Waals surface area contributed by atoms with Crippen molar-refractivity contribution in [3.63, 3.8) is 0 Å². The van der Waals surface area contributed by atoms with Gasteiger partial charge in [0.1, 0.15) is 0 Å². The molecule has 0 aromatic carbocycles. The molecule has 1 rings (SSSR count). The number of ether oxygens (including phenoxy) is 3. The van der Waals surface area contributed by atoms with E-state index in [0.29, 0.717) is 19.6 Å². The van der Waals surface area contributed by atoms with Crippen LogP contribution in [0, 0.1) is 5.92 Å². The van der Waals surface area contributed by atoms with Gasteiger partial charge in [0, 0.05) is 6.61 Å². The van der Waals surface area contributed by atoms with E-state index in [1.807, 2.05) is 0 Å². The van der Waals surface area contributed by atoms with Crippen LogP contribution in [0.4, 0.5) is 4.39 Å². The Balaban J connectivity index is 2.49. The summed E-state index contributed by atoms with van der Waals surface area (Å²) in [6, 6.07) is 0. The lowest BCUT2D eigenvalue weighted by molar-refractivity contribution is -0.165. The van der Waals surface area contributed by atoms with Gasteiger partial charge < -0.3 is 14.2 Å². The molecule has 0 spiro atoms. The van der Waals surface area contributed by atoms with E-state index in [1.54, 1.807) is 13.8 Å². The molecule has 1 heterocycles. The van der Waals surface area contributed by atoms with E-state index < -0.39 is 24.3 Å². The number of esters is 1. The maximum Gasteiger partial charge on any atom is 0.341 e. The highest BCUT2D eigenvalue weighted by atomic mass is 19.1. The molecule has 1 aliphatic rings. The summed E-state index contributed by atoms with van der Waals surface area (Å²) in [5, 5.41) is 0. The summed E-state index contributed by atoms with van der Waals surface area (Å²) in [7, 11) is 0. The molecular formula is C10H17FO4. The van der Waals surface area contributed by atoms with E-state index in [1.165, 1.54) is 0 Å². The summed E-state index contributed by atoms with van der Waals surface area (Å²) in [6.07, 6.45) is -1.77. The molecule has 1 fully saturated rings. The Kier molecular flexibility index (Phi) is 4.98. The van der Waals surface area contributed by atoms with Gasteiger partial charge in [-0.05, 0) is 20.3 Å². The maximum absolute atomic E-state index is 13.6. The summed E-state index contributed by atoms with van der Waals surface area (Å²) in [6.45, 7) is 4.50. The zero-order valence-corrected chi connectivity index (χ0v) is 9.07. The van der Waals surface area contributed by atoms with Gasteiger partial charge in [-0.25, -0.2) is 9.18 Å². The molecule has 0 bridgehead atoms. The average Bonchev–Trinajstić information content (AvgIpc) is 2.66. The quantitative estimate of drug-likeness (QED) is 0.655. The van der Waals surface area contributed by atoms with Crippen LogP contribution in [0.25, 0.3) is 0 Å². The van der Waals surface area contributed by atoms with Crippen LogP contribution >= 0.6 is 0 Å².